The van der Waals surface area contributed by atoms with Gasteiger partial charge in [0.1, 0.15) is 12.4 Å². The molecule has 154 valence electrons. The molecule has 1 aromatic heterocycles. The van der Waals surface area contributed by atoms with E-state index in [-0.39, 0.29) is 6.61 Å². The zero-order valence-corrected chi connectivity index (χ0v) is 18.3. The number of hydrogen-bond donors (Lipinski definition) is 2. The normalized spacial score (nSPS) is 11.6. The van der Waals surface area contributed by atoms with Crippen LogP contribution in [0.15, 0.2) is 54.6 Å². The van der Waals surface area contributed by atoms with Gasteiger partial charge < -0.3 is 14.9 Å². The predicted octanol–water partition coefficient (Wildman–Crippen LogP) is 6.06. The van der Waals surface area contributed by atoms with Crippen molar-refractivity contribution in [2.24, 2.45) is 0 Å². The molecule has 0 spiro atoms. The van der Waals surface area contributed by atoms with Crippen LogP contribution in [0.5, 0.6) is 5.75 Å². The van der Waals surface area contributed by atoms with E-state index in [0.29, 0.717) is 19.4 Å². The molecule has 2 aromatic carbocycles. The molecule has 4 heteroatoms. The molecule has 0 amide bonds. The summed E-state index contributed by atoms with van der Waals surface area (Å²) in [4.78, 5) is 2.38. The second-order valence-electron chi connectivity index (χ2n) is 7.32. The Labute approximate surface area is 177 Å². The Morgan fingerprint density at radius 2 is 1.66 bits per heavy atom. The van der Waals surface area contributed by atoms with Crippen LogP contribution in [0.3, 0.4) is 0 Å². The highest BCUT2D eigenvalue weighted by atomic mass is 32.1. The van der Waals surface area contributed by atoms with E-state index in [4.69, 9.17) is 9.84 Å². The van der Waals surface area contributed by atoms with Crippen molar-refractivity contribution in [3.8, 4) is 16.2 Å². The first-order valence-electron chi connectivity index (χ1n) is 10.3. The topological polar surface area (TPSA) is 49.7 Å². The molecule has 0 aliphatic carbocycles. The molecule has 0 saturated carbocycles. The van der Waals surface area contributed by atoms with E-state index in [2.05, 4.69) is 37.3 Å². The van der Waals surface area contributed by atoms with Crippen molar-refractivity contribution in [3.63, 3.8) is 0 Å². The van der Waals surface area contributed by atoms with Gasteiger partial charge in [-0.3, -0.25) is 0 Å². The van der Waals surface area contributed by atoms with Gasteiger partial charge in [-0.1, -0.05) is 51.1 Å². The molecule has 0 bridgehead atoms. The Kier molecular flexibility index (Phi) is 7.12. The maximum atomic E-state index is 10.9. The number of benzene rings is 2. The number of aliphatic hydroxyl groups excluding tert-OH is 1. The van der Waals surface area contributed by atoms with Crippen molar-refractivity contribution in [1.29, 1.82) is 0 Å². The van der Waals surface area contributed by atoms with Gasteiger partial charge in [0.2, 0.25) is 0 Å². The minimum atomic E-state index is -0.748. The standard InChI is InChI=1S/C25H30O3S/c1-4-19-15-20(25(27,5-2)6-3)9-13-23(19)24-14-12-22(29-24)17-28-21-10-7-18(16-26)8-11-21/h7-15,26-27H,4-6,16-17H2,1-3H3. The highest BCUT2D eigenvalue weighted by Gasteiger charge is 2.25. The Hall–Kier alpha value is -2.14. The Morgan fingerprint density at radius 1 is 0.931 bits per heavy atom. The lowest BCUT2D eigenvalue weighted by Gasteiger charge is -2.27. The van der Waals surface area contributed by atoms with E-state index in [0.717, 1.165) is 28.2 Å². The van der Waals surface area contributed by atoms with Crippen molar-refractivity contribution >= 4 is 11.3 Å². The number of aryl methyl sites for hydroxylation is 1. The van der Waals surface area contributed by atoms with Gasteiger partial charge in [0.05, 0.1) is 12.2 Å². The summed E-state index contributed by atoms with van der Waals surface area (Å²) in [5.41, 5.74) is 3.63. The van der Waals surface area contributed by atoms with Crippen LogP contribution in [0.1, 0.15) is 55.2 Å². The molecule has 0 aliphatic heterocycles. The zero-order valence-electron chi connectivity index (χ0n) is 17.4. The number of rotatable bonds is 9. The fourth-order valence-corrected chi connectivity index (χ4v) is 4.50. The van der Waals surface area contributed by atoms with Crippen molar-refractivity contribution in [3.05, 3.63) is 76.2 Å². The first-order valence-corrected chi connectivity index (χ1v) is 11.1. The average Bonchev–Trinajstić information content (AvgIpc) is 3.25. The molecule has 0 saturated heterocycles. The zero-order chi connectivity index (χ0) is 20.9. The summed E-state index contributed by atoms with van der Waals surface area (Å²) in [6.07, 6.45) is 2.35. The van der Waals surface area contributed by atoms with Crippen LogP contribution in [0, 0.1) is 0 Å². The smallest absolute Gasteiger partial charge is 0.122 e. The average molecular weight is 411 g/mol. The molecule has 3 aromatic rings. The molecule has 0 aliphatic rings. The van der Waals surface area contributed by atoms with Gasteiger partial charge in [-0.15, -0.1) is 11.3 Å². The van der Waals surface area contributed by atoms with Crippen LogP contribution in [0.25, 0.3) is 10.4 Å². The first kappa shape index (κ1) is 21.6. The van der Waals surface area contributed by atoms with E-state index in [9.17, 15) is 5.11 Å². The molecule has 0 unspecified atom stereocenters. The fourth-order valence-electron chi connectivity index (χ4n) is 3.52. The van der Waals surface area contributed by atoms with Crippen molar-refractivity contribution in [2.45, 2.75) is 58.8 Å². The van der Waals surface area contributed by atoms with Gasteiger partial charge >= 0.3 is 0 Å². The third kappa shape index (κ3) is 4.89. The molecular weight excluding hydrogens is 380 g/mol. The maximum absolute atomic E-state index is 10.9. The molecule has 29 heavy (non-hydrogen) atoms. The van der Waals surface area contributed by atoms with E-state index >= 15 is 0 Å². The second-order valence-corrected chi connectivity index (χ2v) is 8.49. The first-order chi connectivity index (χ1) is 14.0. The predicted molar refractivity (Wildman–Crippen MR) is 120 cm³/mol. The highest BCUT2D eigenvalue weighted by Crippen LogP contribution is 2.36. The monoisotopic (exact) mass is 410 g/mol. The number of aliphatic hydroxyl groups is 2. The molecule has 0 radical (unpaired) electrons. The SMILES string of the molecule is CCc1cc(C(O)(CC)CC)ccc1-c1ccc(COc2ccc(CO)cc2)s1. The number of thiophene rings is 1. The lowest BCUT2D eigenvalue weighted by atomic mass is 9.86. The summed E-state index contributed by atoms with van der Waals surface area (Å²) in [5, 5.41) is 20.0. The van der Waals surface area contributed by atoms with Gasteiger partial charge in [-0.25, -0.2) is 0 Å². The summed E-state index contributed by atoms with van der Waals surface area (Å²) in [6.45, 7) is 6.79. The summed E-state index contributed by atoms with van der Waals surface area (Å²) in [6, 6.07) is 18.2. The van der Waals surface area contributed by atoms with Crippen molar-refractivity contribution in [1.82, 2.24) is 0 Å². The largest absolute Gasteiger partial charge is 0.488 e. The van der Waals surface area contributed by atoms with Crippen molar-refractivity contribution in [2.75, 3.05) is 0 Å². The summed E-state index contributed by atoms with van der Waals surface area (Å²) in [5.74, 6) is 0.800. The fraction of sp³-hybridized carbons (Fsp3) is 0.360. The van der Waals surface area contributed by atoms with Crippen LogP contribution < -0.4 is 4.74 Å². The van der Waals surface area contributed by atoms with Gasteiger partial charge in [-0.05, 0) is 65.8 Å². The summed E-state index contributed by atoms with van der Waals surface area (Å²) in [7, 11) is 0. The van der Waals surface area contributed by atoms with Gasteiger partial charge in [0, 0.05) is 9.75 Å². The third-order valence-corrected chi connectivity index (χ3v) is 6.70. The third-order valence-electron chi connectivity index (χ3n) is 5.61. The Morgan fingerprint density at radius 3 is 2.28 bits per heavy atom. The Bertz CT molecular complexity index is 923. The van der Waals surface area contributed by atoms with E-state index in [1.165, 1.54) is 16.0 Å². The van der Waals surface area contributed by atoms with E-state index in [1.54, 1.807) is 11.3 Å². The molecule has 3 rings (SSSR count). The number of hydrogen-bond acceptors (Lipinski definition) is 4. The van der Waals surface area contributed by atoms with Crippen molar-refractivity contribution < 1.29 is 14.9 Å². The van der Waals surface area contributed by atoms with Crippen LogP contribution in [-0.4, -0.2) is 10.2 Å². The highest BCUT2D eigenvalue weighted by molar-refractivity contribution is 7.15. The van der Waals surface area contributed by atoms with Gasteiger partial charge in [0.15, 0.2) is 0 Å². The molecule has 0 atom stereocenters. The molecule has 3 nitrogen and oxygen atoms in total. The summed E-state index contributed by atoms with van der Waals surface area (Å²) >= 11 is 1.74. The quantitative estimate of drug-likeness (QED) is 0.451. The minimum Gasteiger partial charge on any atom is -0.488 e. The van der Waals surface area contributed by atoms with E-state index < -0.39 is 5.60 Å². The maximum Gasteiger partial charge on any atom is 0.122 e. The van der Waals surface area contributed by atoms with Crippen LogP contribution in [-0.2, 0) is 25.2 Å². The molecule has 0 fully saturated rings. The molecular formula is C25H30O3S. The van der Waals surface area contributed by atoms with Gasteiger partial charge in [-0.2, -0.15) is 0 Å². The van der Waals surface area contributed by atoms with Crippen LogP contribution in [0.4, 0.5) is 0 Å². The molecule has 1 heterocycles. The second kappa shape index (κ2) is 9.57. The van der Waals surface area contributed by atoms with Gasteiger partial charge in [0.25, 0.3) is 0 Å². The minimum absolute atomic E-state index is 0.0427. The lowest BCUT2D eigenvalue weighted by molar-refractivity contribution is 0.0283. The number of ether oxygens (including phenoxy) is 1. The molecule has 2 N–H and O–H groups in total. The van der Waals surface area contributed by atoms with E-state index in [1.807, 2.05) is 38.1 Å². The van der Waals surface area contributed by atoms with Crippen LogP contribution >= 0.6 is 11.3 Å². The summed E-state index contributed by atoms with van der Waals surface area (Å²) < 4.78 is 5.89. The Balaban J connectivity index is 1.76. The van der Waals surface area contributed by atoms with Crippen LogP contribution in [0.2, 0.25) is 0 Å². The lowest BCUT2D eigenvalue weighted by Crippen LogP contribution is -2.23.